The second-order valence-corrected chi connectivity index (χ2v) is 5.16. The first-order valence-corrected chi connectivity index (χ1v) is 6.55. The fraction of sp³-hybridized carbons (Fsp3) is 0.357. The number of imide groups is 1. The van der Waals surface area contributed by atoms with Crippen LogP contribution in [0.2, 0.25) is 0 Å². The molecule has 0 aromatic heterocycles. The second-order valence-electron chi connectivity index (χ2n) is 5.16. The highest BCUT2D eigenvalue weighted by Crippen LogP contribution is 2.39. The van der Waals surface area contributed by atoms with Crippen molar-refractivity contribution in [2.75, 3.05) is 5.73 Å². The molecule has 0 bridgehead atoms. The molecule has 2 heterocycles. The Hall–Kier alpha value is -2.37. The molecule has 3 amide bonds. The molecular weight excluding hydrogens is 258 g/mol. The fourth-order valence-electron chi connectivity index (χ4n) is 3.05. The normalized spacial score (nSPS) is 25.6. The summed E-state index contributed by atoms with van der Waals surface area (Å²) < 4.78 is 0. The molecule has 0 aliphatic carbocycles. The van der Waals surface area contributed by atoms with Crippen LogP contribution in [0, 0.1) is 0 Å². The van der Waals surface area contributed by atoms with Crippen LogP contribution in [0.3, 0.4) is 0 Å². The molecule has 1 aromatic carbocycles. The van der Waals surface area contributed by atoms with E-state index >= 15 is 0 Å². The Morgan fingerprint density at radius 2 is 2.05 bits per heavy atom. The van der Waals surface area contributed by atoms with Gasteiger partial charge < -0.3 is 10.6 Å². The van der Waals surface area contributed by atoms with Crippen LogP contribution >= 0.6 is 0 Å². The van der Waals surface area contributed by atoms with E-state index < -0.39 is 11.9 Å². The highest BCUT2D eigenvalue weighted by molar-refractivity contribution is 6.06. The third-order valence-electron chi connectivity index (χ3n) is 3.99. The summed E-state index contributed by atoms with van der Waals surface area (Å²) in [5, 5.41) is 2.29. The van der Waals surface area contributed by atoms with Crippen molar-refractivity contribution in [1.29, 1.82) is 0 Å². The lowest BCUT2D eigenvalue weighted by molar-refractivity contribution is -0.137. The van der Waals surface area contributed by atoms with Gasteiger partial charge in [-0.3, -0.25) is 19.7 Å². The number of rotatable bonds is 1. The zero-order chi connectivity index (χ0) is 14.4. The number of fused-ring (bicyclic) bond motifs is 1. The molecule has 1 aromatic rings. The number of amides is 3. The van der Waals surface area contributed by atoms with Crippen molar-refractivity contribution in [2.45, 2.75) is 31.8 Å². The summed E-state index contributed by atoms with van der Waals surface area (Å²) in [6.07, 6.45) is 0.605. The number of nitrogens with one attached hydrogen (secondary N) is 1. The smallest absolute Gasteiger partial charge is 0.255 e. The Bertz CT molecular complexity index is 626. The highest BCUT2D eigenvalue weighted by atomic mass is 16.2. The minimum absolute atomic E-state index is 0.200. The van der Waals surface area contributed by atoms with Crippen LogP contribution in [0.5, 0.6) is 0 Å². The van der Waals surface area contributed by atoms with Crippen molar-refractivity contribution in [3.05, 3.63) is 29.3 Å². The van der Waals surface area contributed by atoms with Gasteiger partial charge in [0.05, 0.1) is 6.04 Å². The maximum Gasteiger partial charge on any atom is 0.255 e. The first kappa shape index (κ1) is 12.7. The number of hydrogen-bond acceptors (Lipinski definition) is 4. The molecule has 104 valence electrons. The van der Waals surface area contributed by atoms with Crippen molar-refractivity contribution < 1.29 is 14.4 Å². The standard InChI is InChI=1S/C14H15N3O3/c1-7-12-8(3-2-4-9(12)15)14(20)17(7)10-5-6-11(18)16-13(10)19/h2-4,7,10H,5-6,15H2,1H3,(H,16,18,19). The monoisotopic (exact) mass is 273 g/mol. The van der Waals surface area contributed by atoms with Crippen LogP contribution in [-0.4, -0.2) is 28.7 Å². The van der Waals surface area contributed by atoms with E-state index in [1.807, 2.05) is 6.92 Å². The third-order valence-corrected chi connectivity index (χ3v) is 3.99. The number of nitrogen functional groups attached to an aromatic ring is 1. The Morgan fingerprint density at radius 3 is 2.70 bits per heavy atom. The van der Waals surface area contributed by atoms with Crippen molar-refractivity contribution >= 4 is 23.4 Å². The van der Waals surface area contributed by atoms with E-state index in [0.29, 0.717) is 17.7 Å². The predicted octanol–water partition coefficient (Wildman–Crippen LogP) is 0.591. The van der Waals surface area contributed by atoms with Gasteiger partial charge in [-0.15, -0.1) is 0 Å². The summed E-state index contributed by atoms with van der Waals surface area (Å²) in [7, 11) is 0. The van der Waals surface area contributed by atoms with Gasteiger partial charge in [-0.05, 0) is 25.5 Å². The summed E-state index contributed by atoms with van der Waals surface area (Å²) in [6, 6.07) is 4.32. The minimum atomic E-state index is -0.609. The topological polar surface area (TPSA) is 92.5 Å². The SMILES string of the molecule is CC1c2c(N)cccc2C(=O)N1C1CCC(=O)NC1=O. The molecule has 3 N–H and O–H groups in total. The van der Waals surface area contributed by atoms with Crippen LogP contribution in [-0.2, 0) is 9.59 Å². The molecule has 0 spiro atoms. The molecule has 0 radical (unpaired) electrons. The minimum Gasteiger partial charge on any atom is -0.398 e. The molecule has 0 saturated carbocycles. The van der Waals surface area contributed by atoms with Gasteiger partial charge in [0.15, 0.2) is 0 Å². The zero-order valence-corrected chi connectivity index (χ0v) is 11.1. The van der Waals surface area contributed by atoms with Gasteiger partial charge in [0, 0.05) is 23.2 Å². The van der Waals surface area contributed by atoms with Crippen LogP contribution in [0.1, 0.15) is 41.7 Å². The van der Waals surface area contributed by atoms with Crippen molar-refractivity contribution in [3.8, 4) is 0 Å². The van der Waals surface area contributed by atoms with Crippen LogP contribution in [0.15, 0.2) is 18.2 Å². The van der Waals surface area contributed by atoms with E-state index in [9.17, 15) is 14.4 Å². The van der Waals surface area contributed by atoms with E-state index in [1.54, 1.807) is 18.2 Å². The molecule has 20 heavy (non-hydrogen) atoms. The van der Waals surface area contributed by atoms with Gasteiger partial charge in [-0.2, -0.15) is 0 Å². The number of benzene rings is 1. The summed E-state index contributed by atoms with van der Waals surface area (Å²) in [4.78, 5) is 37.2. The molecule has 2 aliphatic rings. The van der Waals surface area contributed by atoms with Gasteiger partial charge in [0.2, 0.25) is 11.8 Å². The second kappa shape index (κ2) is 4.33. The average molecular weight is 273 g/mol. The van der Waals surface area contributed by atoms with Gasteiger partial charge in [0.25, 0.3) is 5.91 Å². The molecule has 2 aliphatic heterocycles. The number of carbonyl (C=O) groups excluding carboxylic acids is 3. The van der Waals surface area contributed by atoms with E-state index in [1.165, 1.54) is 4.90 Å². The van der Waals surface area contributed by atoms with Gasteiger partial charge in [-0.1, -0.05) is 6.07 Å². The molecule has 6 nitrogen and oxygen atoms in total. The molecule has 2 atom stereocenters. The first-order chi connectivity index (χ1) is 9.50. The first-order valence-electron chi connectivity index (χ1n) is 6.55. The average Bonchev–Trinajstić information content (AvgIpc) is 2.64. The largest absolute Gasteiger partial charge is 0.398 e. The predicted molar refractivity (Wildman–Crippen MR) is 71.6 cm³/mol. The quantitative estimate of drug-likeness (QED) is 0.578. The number of carbonyl (C=O) groups is 3. The Kier molecular flexibility index (Phi) is 2.74. The number of piperidine rings is 1. The maximum absolute atomic E-state index is 12.5. The summed E-state index contributed by atoms with van der Waals surface area (Å²) in [5.74, 6) is -0.898. The van der Waals surface area contributed by atoms with Crippen molar-refractivity contribution in [2.24, 2.45) is 0 Å². The molecular formula is C14H15N3O3. The van der Waals surface area contributed by atoms with E-state index in [-0.39, 0.29) is 24.3 Å². The van der Waals surface area contributed by atoms with Gasteiger partial charge >= 0.3 is 0 Å². The van der Waals surface area contributed by atoms with E-state index in [2.05, 4.69) is 5.32 Å². The molecule has 2 unspecified atom stereocenters. The lowest BCUT2D eigenvalue weighted by Crippen LogP contribution is -2.53. The van der Waals surface area contributed by atoms with Crippen molar-refractivity contribution in [3.63, 3.8) is 0 Å². The summed E-state index contributed by atoms with van der Waals surface area (Å²) >= 11 is 0. The van der Waals surface area contributed by atoms with Gasteiger partial charge in [0.1, 0.15) is 6.04 Å². The van der Waals surface area contributed by atoms with Crippen LogP contribution < -0.4 is 11.1 Å². The van der Waals surface area contributed by atoms with Crippen LogP contribution in [0.25, 0.3) is 0 Å². The zero-order valence-electron chi connectivity index (χ0n) is 11.1. The van der Waals surface area contributed by atoms with Crippen LogP contribution in [0.4, 0.5) is 5.69 Å². The van der Waals surface area contributed by atoms with E-state index in [4.69, 9.17) is 5.73 Å². The lowest BCUT2D eigenvalue weighted by atomic mass is 10.0. The number of nitrogens with zero attached hydrogens (tertiary/aromatic N) is 1. The molecule has 6 heteroatoms. The van der Waals surface area contributed by atoms with E-state index in [0.717, 1.165) is 5.56 Å². The highest BCUT2D eigenvalue weighted by Gasteiger charge is 2.43. The Morgan fingerprint density at radius 1 is 1.30 bits per heavy atom. The third kappa shape index (κ3) is 1.68. The number of anilines is 1. The number of hydrogen-bond donors (Lipinski definition) is 2. The van der Waals surface area contributed by atoms with Crippen molar-refractivity contribution in [1.82, 2.24) is 10.2 Å². The maximum atomic E-state index is 12.5. The summed E-state index contributed by atoms with van der Waals surface area (Å²) in [6.45, 7) is 1.85. The molecule has 3 rings (SSSR count). The molecule has 1 saturated heterocycles. The Labute approximate surface area is 115 Å². The fourth-order valence-corrected chi connectivity index (χ4v) is 3.05. The molecule has 1 fully saturated rings. The number of nitrogens with two attached hydrogens (primary N) is 1. The lowest BCUT2D eigenvalue weighted by Gasteiger charge is -2.33. The van der Waals surface area contributed by atoms with Gasteiger partial charge in [-0.25, -0.2) is 0 Å². The Balaban J connectivity index is 1.98. The summed E-state index contributed by atoms with van der Waals surface area (Å²) in [5.41, 5.74) is 7.80.